The molecule has 1 N–H and O–H groups in total. The first-order valence-corrected chi connectivity index (χ1v) is 8.78. The molecule has 0 aliphatic rings. The van der Waals surface area contributed by atoms with Crippen LogP contribution in [0.4, 0.5) is 10.1 Å². The molecule has 0 aliphatic carbocycles. The Morgan fingerprint density at radius 2 is 1.83 bits per heavy atom. The summed E-state index contributed by atoms with van der Waals surface area (Å²) in [5.41, 5.74) is 1.18. The van der Waals surface area contributed by atoms with Crippen LogP contribution in [0.25, 0.3) is 0 Å². The van der Waals surface area contributed by atoms with Crippen molar-refractivity contribution in [2.75, 3.05) is 11.9 Å². The van der Waals surface area contributed by atoms with Crippen LogP contribution < -0.4 is 10.1 Å². The molecule has 0 aromatic heterocycles. The number of rotatable bonds is 7. The van der Waals surface area contributed by atoms with Crippen LogP contribution in [0.1, 0.15) is 19.4 Å². The van der Waals surface area contributed by atoms with Gasteiger partial charge in [0.05, 0.1) is 11.4 Å². The predicted octanol–water partition coefficient (Wildman–Crippen LogP) is 4.81. The Balaban J connectivity index is 1.90. The van der Waals surface area contributed by atoms with Crippen molar-refractivity contribution in [2.24, 2.45) is 5.92 Å². The molecule has 2 aromatic rings. The maximum atomic E-state index is 13.6. The molecule has 1 unspecified atom stereocenters. The highest BCUT2D eigenvalue weighted by molar-refractivity contribution is 9.10. The molecule has 0 bridgehead atoms. The summed E-state index contributed by atoms with van der Waals surface area (Å²) in [6, 6.07) is 13.7. The molecule has 0 spiro atoms. The highest BCUT2D eigenvalue weighted by Gasteiger charge is 2.17. The van der Waals surface area contributed by atoms with Crippen molar-refractivity contribution in [3.8, 4) is 5.75 Å². The van der Waals surface area contributed by atoms with E-state index in [-0.39, 0.29) is 18.1 Å². The molecule has 0 saturated carbocycles. The summed E-state index contributed by atoms with van der Waals surface area (Å²) in [6.07, 6.45) is 0.286. The van der Waals surface area contributed by atoms with E-state index in [0.29, 0.717) is 23.8 Å². The average molecular weight is 394 g/mol. The van der Waals surface area contributed by atoms with Crippen molar-refractivity contribution in [2.45, 2.75) is 25.1 Å². The summed E-state index contributed by atoms with van der Waals surface area (Å²) in [5.74, 6) is 0.705. The Labute approximate surface area is 150 Å². The highest BCUT2D eigenvalue weighted by atomic mass is 79.9. The topological polar surface area (TPSA) is 38.3 Å². The van der Waals surface area contributed by atoms with Crippen molar-refractivity contribution in [3.05, 3.63) is 59.9 Å². The summed E-state index contributed by atoms with van der Waals surface area (Å²) < 4.78 is 19.3. The Morgan fingerprint density at radius 1 is 1.17 bits per heavy atom. The number of alkyl halides is 1. The number of nitrogens with one attached hydrogen (secondary N) is 1. The van der Waals surface area contributed by atoms with Crippen LogP contribution in [-0.2, 0) is 11.2 Å². The molecular formula is C19H21BrFNO2. The van der Waals surface area contributed by atoms with E-state index in [1.807, 2.05) is 12.1 Å². The number of ether oxygens (including phenoxy) is 1. The third-order valence-electron chi connectivity index (χ3n) is 3.35. The molecule has 0 aliphatic heterocycles. The van der Waals surface area contributed by atoms with Crippen molar-refractivity contribution in [1.29, 1.82) is 0 Å². The number of carbonyl (C=O) groups is 1. The first kappa shape index (κ1) is 18.5. The Bertz CT molecular complexity index is 673. The molecule has 2 aromatic carbocycles. The van der Waals surface area contributed by atoms with Crippen LogP contribution in [0.3, 0.4) is 0 Å². The molecule has 24 heavy (non-hydrogen) atoms. The SMILES string of the molecule is CC(C)COc1ccc(NC(=O)C(Br)Cc2ccccc2F)cc1. The second-order valence-corrected chi connectivity index (χ2v) is 7.09. The minimum absolute atomic E-state index is 0.214. The van der Waals surface area contributed by atoms with Gasteiger partial charge in [-0.25, -0.2) is 4.39 Å². The molecule has 0 saturated heterocycles. The number of hydrogen-bond donors (Lipinski definition) is 1. The third-order valence-corrected chi connectivity index (χ3v) is 4.09. The molecule has 1 atom stereocenters. The molecule has 2 rings (SSSR count). The minimum atomic E-state index is -0.508. The number of hydrogen-bond acceptors (Lipinski definition) is 2. The molecule has 5 heteroatoms. The summed E-state index contributed by atoms with van der Waals surface area (Å²) in [6.45, 7) is 4.82. The van der Waals surface area contributed by atoms with Gasteiger partial charge in [-0.1, -0.05) is 48.0 Å². The lowest BCUT2D eigenvalue weighted by Gasteiger charge is -2.12. The van der Waals surface area contributed by atoms with Crippen molar-refractivity contribution in [1.82, 2.24) is 0 Å². The number of amides is 1. The fourth-order valence-electron chi connectivity index (χ4n) is 2.07. The fourth-order valence-corrected chi connectivity index (χ4v) is 2.53. The Morgan fingerprint density at radius 3 is 2.46 bits per heavy atom. The Hall–Kier alpha value is -1.88. The van der Waals surface area contributed by atoms with Crippen LogP contribution in [0, 0.1) is 11.7 Å². The lowest BCUT2D eigenvalue weighted by Crippen LogP contribution is -2.25. The molecule has 0 fully saturated rings. The number of carbonyl (C=O) groups excluding carboxylic acids is 1. The number of halogens is 2. The molecule has 0 radical (unpaired) electrons. The maximum absolute atomic E-state index is 13.6. The van der Waals surface area contributed by atoms with Crippen molar-refractivity contribution in [3.63, 3.8) is 0 Å². The normalized spacial score (nSPS) is 12.0. The zero-order valence-electron chi connectivity index (χ0n) is 13.8. The zero-order chi connectivity index (χ0) is 17.5. The standard InChI is InChI=1S/C19H21BrFNO2/c1-13(2)12-24-16-9-7-15(8-10-16)22-19(23)17(20)11-14-5-3-4-6-18(14)21/h3-10,13,17H,11-12H2,1-2H3,(H,22,23). The van der Waals surface area contributed by atoms with Gasteiger partial charge < -0.3 is 10.1 Å². The first-order valence-electron chi connectivity index (χ1n) is 7.87. The molecule has 1 amide bonds. The lowest BCUT2D eigenvalue weighted by molar-refractivity contribution is -0.115. The van der Waals surface area contributed by atoms with Crippen LogP contribution in [0.15, 0.2) is 48.5 Å². The van der Waals surface area contributed by atoms with Gasteiger partial charge in [0, 0.05) is 5.69 Å². The van der Waals surface area contributed by atoms with E-state index in [2.05, 4.69) is 35.1 Å². The average Bonchev–Trinajstić information content (AvgIpc) is 2.56. The fraction of sp³-hybridized carbons (Fsp3) is 0.316. The minimum Gasteiger partial charge on any atom is -0.493 e. The van der Waals surface area contributed by atoms with Gasteiger partial charge in [0.15, 0.2) is 0 Å². The van der Waals surface area contributed by atoms with E-state index < -0.39 is 4.83 Å². The number of anilines is 1. The van der Waals surface area contributed by atoms with E-state index in [1.165, 1.54) is 6.07 Å². The van der Waals surface area contributed by atoms with Crippen LogP contribution in [0.5, 0.6) is 5.75 Å². The van der Waals surface area contributed by atoms with Crippen molar-refractivity contribution >= 4 is 27.5 Å². The number of benzene rings is 2. The lowest BCUT2D eigenvalue weighted by atomic mass is 10.1. The van der Waals surface area contributed by atoms with E-state index in [9.17, 15) is 9.18 Å². The quantitative estimate of drug-likeness (QED) is 0.685. The zero-order valence-corrected chi connectivity index (χ0v) is 15.3. The summed E-state index contributed by atoms with van der Waals surface area (Å²) >= 11 is 3.32. The highest BCUT2D eigenvalue weighted by Crippen LogP contribution is 2.19. The summed E-state index contributed by atoms with van der Waals surface area (Å²) in [4.78, 5) is 11.7. The van der Waals surface area contributed by atoms with Gasteiger partial charge in [0.25, 0.3) is 0 Å². The van der Waals surface area contributed by atoms with E-state index in [0.717, 1.165) is 5.75 Å². The summed E-state index contributed by atoms with van der Waals surface area (Å²) in [5, 5.41) is 2.81. The van der Waals surface area contributed by atoms with Gasteiger partial charge in [-0.2, -0.15) is 0 Å². The first-order chi connectivity index (χ1) is 11.5. The van der Waals surface area contributed by atoms with Gasteiger partial charge in [0.2, 0.25) is 5.91 Å². The molecular weight excluding hydrogens is 373 g/mol. The van der Waals surface area contributed by atoms with Gasteiger partial charge in [-0.15, -0.1) is 0 Å². The van der Waals surface area contributed by atoms with Crippen molar-refractivity contribution < 1.29 is 13.9 Å². The maximum Gasteiger partial charge on any atom is 0.238 e. The molecule has 3 nitrogen and oxygen atoms in total. The largest absolute Gasteiger partial charge is 0.493 e. The van der Waals surface area contributed by atoms with E-state index in [1.54, 1.807) is 30.3 Å². The molecule has 128 valence electrons. The van der Waals surface area contributed by atoms with E-state index in [4.69, 9.17) is 4.74 Å². The summed E-state index contributed by atoms with van der Waals surface area (Å²) in [7, 11) is 0. The van der Waals surface area contributed by atoms with Gasteiger partial charge in [-0.05, 0) is 48.2 Å². The van der Waals surface area contributed by atoms with Gasteiger partial charge in [-0.3, -0.25) is 4.79 Å². The predicted molar refractivity (Wildman–Crippen MR) is 98.2 cm³/mol. The Kier molecular flexibility index (Phi) is 6.79. The third kappa shape index (κ3) is 5.64. The smallest absolute Gasteiger partial charge is 0.238 e. The van der Waals surface area contributed by atoms with Crippen LogP contribution in [0.2, 0.25) is 0 Å². The monoisotopic (exact) mass is 393 g/mol. The van der Waals surface area contributed by atoms with E-state index >= 15 is 0 Å². The van der Waals surface area contributed by atoms with Gasteiger partial charge >= 0.3 is 0 Å². The second-order valence-electron chi connectivity index (χ2n) is 5.98. The van der Waals surface area contributed by atoms with Gasteiger partial charge in [0.1, 0.15) is 11.6 Å². The van der Waals surface area contributed by atoms with Crippen LogP contribution >= 0.6 is 15.9 Å². The second kappa shape index (κ2) is 8.83. The molecule has 0 heterocycles. The van der Waals surface area contributed by atoms with Crippen LogP contribution in [-0.4, -0.2) is 17.3 Å².